The van der Waals surface area contributed by atoms with Crippen LogP contribution in [0.3, 0.4) is 0 Å². The van der Waals surface area contributed by atoms with Crippen molar-refractivity contribution in [3.05, 3.63) is 48.6 Å². The molecule has 480 valence electrons. The highest BCUT2D eigenvalue weighted by Crippen LogP contribution is 2.19. The van der Waals surface area contributed by atoms with Crippen molar-refractivity contribution in [2.75, 3.05) is 13.2 Å². The van der Waals surface area contributed by atoms with Gasteiger partial charge in [0.25, 0.3) is 0 Å². The molecule has 0 rings (SSSR count). The van der Waals surface area contributed by atoms with Gasteiger partial charge >= 0.3 is 17.9 Å². The molecule has 0 saturated heterocycles. The van der Waals surface area contributed by atoms with Crippen LogP contribution in [0.5, 0.6) is 0 Å². The molecule has 0 aromatic rings. The zero-order valence-electron chi connectivity index (χ0n) is 55.3. The number of ether oxygens (including phenoxy) is 3. The Morgan fingerprint density at radius 3 is 0.695 bits per heavy atom. The van der Waals surface area contributed by atoms with Gasteiger partial charge in [-0.2, -0.15) is 0 Å². The number of carbonyl (C=O) groups is 3. The lowest BCUT2D eigenvalue weighted by Gasteiger charge is -2.18. The molecule has 0 aliphatic rings. The summed E-state index contributed by atoms with van der Waals surface area (Å²) in [5.74, 6) is -0.857. The van der Waals surface area contributed by atoms with Gasteiger partial charge in [-0.15, -0.1) is 0 Å². The van der Waals surface area contributed by atoms with Gasteiger partial charge in [-0.25, -0.2) is 0 Å². The van der Waals surface area contributed by atoms with Gasteiger partial charge < -0.3 is 14.2 Å². The molecule has 0 aromatic carbocycles. The fourth-order valence-electron chi connectivity index (χ4n) is 11.0. The van der Waals surface area contributed by atoms with Crippen molar-refractivity contribution in [3.63, 3.8) is 0 Å². The molecule has 0 amide bonds. The van der Waals surface area contributed by atoms with Crippen molar-refractivity contribution in [2.45, 2.75) is 406 Å². The average molecular weight is 1150 g/mol. The number of carbonyl (C=O) groups excluding carboxylic acids is 3. The Bertz CT molecular complexity index is 1410. The minimum Gasteiger partial charge on any atom is -0.462 e. The second-order valence-electron chi connectivity index (χ2n) is 24.9. The van der Waals surface area contributed by atoms with Crippen molar-refractivity contribution < 1.29 is 28.6 Å². The molecule has 82 heavy (non-hydrogen) atoms. The maximum atomic E-state index is 12.9. The molecule has 0 aromatic heterocycles. The standard InChI is InChI=1S/C76H140O6/c1-4-7-10-13-16-19-22-25-28-30-32-33-34-35-36-37-38-39-40-41-42-43-44-46-48-51-54-57-60-63-66-69-75(78)81-72-73(71-80-74(77)68-65-62-59-56-53-50-47-27-24-21-18-15-12-9-6-3)82-76(79)70-67-64-61-58-55-52-49-45-31-29-26-23-20-17-14-11-8-5-2/h18,21-22,25,27,30,32,47,73H,4-17,19-20,23-24,26,28-29,31,33-46,48-72H2,1-3H3/b21-18-,25-22-,32-30-,47-27-. The van der Waals surface area contributed by atoms with Crippen molar-refractivity contribution >= 4 is 17.9 Å². The molecule has 1 atom stereocenters. The highest BCUT2D eigenvalue weighted by Gasteiger charge is 2.19. The Morgan fingerprint density at radius 1 is 0.244 bits per heavy atom. The third-order valence-corrected chi connectivity index (χ3v) is 16.6. The van der Waals surface area contributed by atoms with Gasteiger partial charge in [0.15, 0.2) is 6.10 Å². The van der Waals surface area contributed by atoms with Crippen molar-refractivity contribution in [3.8, 4) is 0 Å². The molecule has 0 aliphatic heterocycles. The highest BCUT2D eigenvalue weighted by atomic mass is 16.6. The van der Waals surface area contributed by atoms with Gasteiger partial charge in [0.1, 0.15) is 13.2 Å². The first-order chi connectivity index (χ1) is 40.5. The number of hydrogen-bond acceptors (Lipinski definition) is 6. The third-order valence-electron chi connectivity index (χ3n) is 16.6. The van der Waals surface area contributed by atoms with Gasteiger partial charge in [0, 0.05) is 19.3 Å². The Kier molecular flexibility index (Phi) is 68.6. The third kappa shape index (κ3) is 68.2. The van der Waals surface area contributed by atoms with Gasteiger partial charge in [0.2, 0.25) is 0 Å². The summed E-state index contributed by atoms with van der Waals surface area (Å²) in [5, 5.41) is 0. The van der Waals surface area contributed by atoms with E-state index < -0.39 is 6.10 Å². The van der Waals surface area contributed by atoms with Crippen LogP contribution in [0.1, 0.15) is 400 Å². The van der Waals surface area contributed by atoms with E-state index in [-0.39, 0.29) is 31.1 Å². The summed E-state index contributed by atoms with van der Waals surface area (Å²) in [6, 6.07) is 0. The average Bonchev–Trinajstić information content (AvgIpc) is 3.47. The Labute approximate surface area is 511 Å². The number of rotatable bonds is 68. The van der Waals surface area contributed by atoms with Crippen molar-refractivity contribution in [1.29, 1.82) is 0 Å². The molecule has 0 bridgehead atoms. The lowest BCUT2D eigenvalue weighted by molar-refractivity contribution is -0.167. The molecule has 6 nitrogen and oxygen atoms in total. The van der Waals surface area contributed by atoms with Crippen LogP contribution in [0.15, 0.2) is 48.6 Å². The Balaban J connectivity index is 4.19. The predicted octanol–water partition coefficient (Wildman–Crippen LogP) is 25.3. The molecule has 0 spiro atoms. The first-order valence-corrected chi connectivity index (χ1v) is 36.6. The van der Waals surface area contributed by atoms with Crippen molar-refractivity contribution in [1.82, 2.24) is 0 Å². The molecular formula is C76H140O6. The van der Waals surface area contributed by atoms with E-state index >= 15 is 0 Å². The summed E-state index contributed by atoms with van der Waals surface area (Å²) < 4.78 is 17.0. The van der Waals surface area contributed by atoms with E-state index in [2.05, 4.69) is 69.4 Å². The van der Waals surface area contributed by atoms with Crippen LogP contribution in [0.2, 0.25) is 0 Å². The summed E-state index contributed by atoms with van der Waals surface area (Å²) in [5.41, 5.74) is 0. The maximum Gasteiger partial charge on any atom is 0.306 e. The van der Waals surface area contributed by atoms with Gasteiger partial charge in [0.05, 0.1) is 0 Å². The monoisotopic (exact) mass is 1150 g/mol. The zero-order chi connectivity index (χ0) is 59.2. The first kappa shape index (κ1) is 79.4. The summed E-state index contributed by atoms with van der Waals surface area (Å²) in [6.45, 7) is 6.66. The summed E-state index contributed by atoms with van der Waals surface area (Å²) in [6.07, 6.45) is 90.1. The van der Waals surface area contributed by atoms with E-state index in [1.165, 1.54) is 276 Å². The fourth-order valence-corrected chi connectivity index (χ4v) is 11.0. The van der Waals surface area contributed by atoms with E-state index in [9.17, 15) is 14.4 Å². The maximum absolute atomic E-state index is 12.9. The predicted molar refractivity (Wildman–Crippen MR) is 358 cm³/mol. The second-order valence-corrected chi connectivity index (χ2v) is 24.9. The number of esters is 3. The van der Waals surface area contributed by atoms with E-state index in [1.54, 1.807) is 0 Å². The first-order valence-electron chi connectivity index (χ1n) is 36.6. The SMILES string of the molecule is CCCCC/C=C\C/C=C\CCCCCCCC(=O)OCC(COC(=O)CCCCCCCCCCCCCCCCCCCCC/C=C\C/C=C\CCCCCCC)OC(=O)CCCCCCCCCCCCCCCCCCCC. The van der Waals surface area contributed by atoms with E-state index in [0.29, 0.717) is 19.3 Å². The highest BCUT2D eigenvalue weighted by molar-refractivity contribution is 5.71. The molecule has 6 heteroatoms. The topological polar surface area (TPSA) is 78.9 Å². The van der Waals surface area contributed by atoms with Crippen LogP contribution in [0.4, 0.5) is 0 Å². The van der Waals surface area contributed by atoms with Crippen LogP contribution in [-0.4, -0.2) is 37.2 Å². The van der Waals surface area contributed by atoms with E-state index in [0.717, 1.165) is 83.5 Å². The van der Waals surface area contributed by atoms with Crippen LogP contribution in [0, 0.1) is 0 Å². The van der Waals surface area contributed by atoms with Gasteiger partial charge in [-0.1, -0.05) is 345 Å². The van der Waals surface area contributed by atoms with E-state index in [4.69, 9.17) is 14.2 Å². The van der Waals surface area contributed by atoms with Gasteiger partial charge in [-0.3, -0.25) is 14.4 Å². The Hall–Kier alpha value is -2.63. The molecule has 1 unspecified atom stereocenters. The zero-order valence-corrected chi connectivity index (χ0v) is 55.3. The quantitative estimate of drug-likeness (QED) is 0.0261. The molecular weight excluding hydrogens is 1010 g/mol. The molecule has 0 aliphatic carbocycles. The molecule has 0 radical (unpaired) electrons. The lowest BCUT2D eigenvalue weighted by atomic mass is 10.0. The lowest BCUT2D eigenvalue weighted by Crippen LogP contribution is -2.30. The van der Waals surface area contributed by atoms with Crippen LogP contribution in [-0.2, 0) is 28.6 Å². The van der Waals surface area contributed by atoms with Crippen molar-refractivity contribution in [2.24, 2.45) is 0 Å². The minimum atomic E-state index is -0.777. The second kappa shape index (κ2) is 70.9. The Morgan fingerprint density at radius 2 is 0.439 bits per heavy atom. The van der Waals surface area contributed by atoms with E-state index in [1.807, 2.05) is 0 Å². The van der Waals surface area contributed by atoms with Crippen LogP contribution >= 0.6 is 0 Å². The molecule has 0 heterocycles. The summed E-state index contributed by atoms with van der Waals surface area (Å²) in [7, 11) is 0. The van der Waals surface area contributed by atoms with Gasteiger partial charge in [-0.05, 0) is 83.5 Å². The minimum absolute atomic E-state index is 0.0719. The molecule has 0 fully saturated rings. The largest absolute Gasteiger partial charge is 0.462 e. The van der Waals surface area contributed by atoms with Crippen LogP contribution in [0.25, 0.3) is 0 Å². The normalized spacial score (nSPS) is 12.3. The number of unbranched alkanes of at least 4 members (excludes halogenated alkanes) is 49. The number of allylic oxidation sites excluding steroid dienone is 8. The smallest absolute Gasteiger partial charge is 0.306 e. The van der Waals surface area contributed by atoms with Crippen LogP contribution < -0.4 is 0 Å². The summed E-state index contributed by atoms with van der Waals surface area (Å²) >= 11 is 0. The summed E-state index contributed by atoms with van der Waals surface area (Å²) in [4.78, 5) is 38.4. The molecule has 0 saturated carbocycles. The fraction of sp³-hybridized carbons (Fsp3) is 0.855. The molecule has 0 N–H and O–H groups in total. The number of hydrogen-bond donors (Lipinski definition) is 0.